The lowest BCUT2D eigenvalue weighted by atomic mass is 10.1. The summed E-state index contributed by atoms with van der Waals surface area (Å²) in [4.78, 5) is 24.2. The van der Waals surface area contributed by atoms with Crippen LogP contribution in [0.15, 0.2) is 11.1 Å². The van der Waals surface area contributed by atoms with Crippen LogP contribution in [0.4, 0.5) is 5.95 Å². The predicted octanol–water partition coefficient (Wildman–Crippen LogP) is 3.25. The molecule has 0 bridgehead atoms. The molecule has 31 heavy (non-hydrogen) atoms. The molecule has 3 rings (SSSR count). The first-order chi connectivity index (χ1) is 14.4. The summed E-state index contributed by atoms with van der Waals surface area (Å²) in [6.07, 6.45) is -0.129. The first kappa shape index (κ1) is 23.9. The molecule has 0 spiro atoms. The Kier molecular flexibility index (Phi) is 6.67. The van der Waals surface area contributed by atoms with E-state index in [2.05, 4.69) is 68.0 Å². The highest BCUT2D eigenvalue weighted by Crippen LogP contribution is 2.42. The van der Waals surface area contributed by atoms with E-state index in [9.17, 15) is 9.90 Å². The molecule has 1 saturated heterocycles. The van der Waals surface area contributed by atoms with Gasteiger partial charge in [-0.2, -0.15) is 4.98 Å². The van der Waals surface area contributed by atoms with Crippen molar-refractivity contribution in [2.24, 2.45) is 5.92 Å². The third-order valence-electron chi connectivity index (χ3n) is 6.34. The lowest BCUT2D eigenvalue weighted by molar-refractivity contribution is -0.0325. The maximum atomic E-state index is 12.6. The molecule has 0 aromatic carbocycles. The minimum atomic E-state index is -2.20. The van der Waals surface area contributed by atoms with Crippen molar-refractivity contribution < 1.29 is 14.3 Å². The molecule has 3 N–H and O–H groups in total. The maximum Gasteiger partial charge on any atom is 0.280 e. The molecular weight excluding hydrogens is 414 g/mol. The van der Waals surface area contributed by atoms with Gasteiger partial charge in [-0.3, -0.25) is 14.3 Å². The van der Waals surface area contributed by atoms with Crippen LogP contribution < -0.4 is 10.9 Å². The number of anilines is 1. The molecule has 0 saturated carbocycles. The van der Waals surface area contributed by atoms with Gasteiger partial charge in [0.15, 0.2) is 25.7 Å². The summed E-state index contributed by atoms with van der Waals surface area (Å²) in [6, 6.07) is 0. The quantitative estimate of drug-likeness (QED) is 0.554. The Bertz CT molecular complexity index is 965. The summed E-state index contributed by atoms with van der Waals surface area (Å²) in [5.41, 5.74) is 0.328. The molecule has 4 atom stereocenters. The van der Waals surface area contributed by atoms with Crippen molar-refractivity contribution in [2.45, 2.75) is 90.6 Å². The lowest BCUT2D eigenvalue weighted by Crippen LogP contribution is -2.48. The van der Waals surface area contributed by atoms with Gasteiger partial charge in [0, 0.05) is 6.54 Å². The largest absolute Gasteiger partial charge is 0.407 e. The third kappa shape index (κ3) is 4.71. The number of H-pyrrole nitrogens is 1. The highest BCUT2D eigenvalue weighted by Gasteiger charge is 2.50. The number of nitrogens with zero attached hydrogens (tertiary/aromatic N) is 3. The highest BCUT2D eigenvalue weighted by atomic mass is 28.4. The first-order valence-corrected chi connectivity index (χ1v) is 14.0. The van der Waals surface area contributed by atoms with Gasteiger partial charge < -0.3 is 19.6 Å². The monoisotopic (exact) mass is 451 g/mol. The summed E-state index contributed by atoms with van der Waals surface area (Å²) in [6.45, 7) is 17.6. The van der Waals surface area contributed by atoms with E-state index in [4.69, 9.17) is 9.16 Å². The predicted molar refractivity (Wildman–Crippen MR) is 124 cm³/mol. The fraction of sp³-hybridized carbons (Fsp3) is 0.762. The van der Waals surface area contributed by atoms with Crippen molar-refractivity contribution in [1.29, 1.82) is 0 Å². The molecule has 0 radical (unpaired) electrons. The van der Waals surface area contributed by atoms with Gasteiger partial charge in [-0.1, -0.05) is 41.5 Å². The molecule has 174 valence electrons. The molecule has 2 aromatic rings. The van der Waals surface area contributed by atoms with Crippen LogP contribution in [0, 0.1) is 5.92 Å². The van der Waals surface area contributed by atoms with E-state index < -0.39 is 26.8 Å². The van der Waals surface area contributed by atoms with E-state index in [1.165, 1.54) is 0 Å². The molecule has 1 aliphatic rings. The number of aliphatic hydroxyl groups is 1. The normalized spacial score (nSPS) is 25.0. The van der Waals surface area contributed by atoms with Crippen molar-refractivity contribution >= 4 is 25.4 Å². The Morgan fingerprint density at radius 3 is 2.65 bits per heavy atom. The summed E-state index contributed by atoms with van der Waals surface area (Å²) >= 11 is 0. The van der Waals surface area contributed by atoms with Crippen LogP contribution in [-0.4, -0.2) is 57.8 Å². The van der Waals surface area contributed by atoms with Gasteiger partial charge in [-0.05, 0) is 30.5 Å². The second-order valence-corrected chi connectivity index (χ2v) is 15.1. The van der Waals surface area contributed by atoms with Gasteiger partial charge in [0.05, 0.1) is 12.4 Å². The molecule has 9 nitrogen and oxygen atoms in total. The van der Waals surface area contributed by atoms with Gasteiger partial charge in [0.2, 0.25) is 5.95 Å². The standard InChI is InChI=1S/C21H37N5O4Si/c1-9-13-15(27)16(30-31(7,8)21(4,5)6)19(29-13)26-11-23-14-17(26)24-20(25-18(14)28)22-10-12(2)3/h11-13,15-16,19,27H,9-10H2,1-8H3,(H2,22,24,25,28)/t13-,15-,16-,19?/m1/s1. The van der Waals surface area contributed by atoms with Gasteiger partial charge in [0.25, 0.3) is 5.56 Å². The Morgan fingerprint density at radius 2 is 2.06 bits per heavy atom. The fourth-order valence-electron chi connectivity index (χ4n) is 3.42. The molecule has 1 unspecified atom stereocenters. The van der Waals surface area contributed by atoms with Crippen LogP contribution in [-0.2, 0) is 9.16 Å². The van der Waals surface area contributed by atoms with Crippen molar-refractivity contribution in [1.82, 2.24) is 19.5 Å². The zero-order valence-corrected chi connectivity index (χ0v) is 20.9. The Balaban J connectivity index is 2.02. The number of hydrogen-bond acceptors (Lipinski definition) is 7. The number of hydrogen-bond donors (Lipinski definition) is 3. The number of imidazole rings is 1. The minimum absolute atomic E-state index is 0.0259. The SMILES string of the molecule is CC[C@H]1OC(n2cnc3c(=O)[nH]c(NCC(C)C)nc32)[C@H](O[Si](C)(C)C(C)(C)C)[C@@H]1O. The minimum Gasteiger partial charge on any atom is -0.407 e. The molecule has 10 heteroatoms. The number of nitrogens with one attached hydrogen (secondary N) is 2. The van der Waals surface area contributed by atoms with E-state index >= 15 is 0 Å². The summed E-state index contributed by atoms with van der Waals surface area (Å²) in [5, 5.41) is 14.1. The fourth-order valence-corrected chi connectivity index (χ4v) is 4.71. The van der Waals surface area contributed by atoms with Crippen LogP contribution in [0.3, 0.4) is 0 Å². The van der Waals surface area contributed by atoms with Crippen LogP contribution in [0.2, 0.25) is 18.1 Å². The zero-order valence-electron chi connectivity index (χ0n) is 19.9. The zero-order chi connectivity index (χ0) is 23.1. The second kappa shape index (κ2) is 8.65. The third-order valence-corrected chi connectivity index (χ3v) is 10.8. The van der Waals surface area contributed by atoms with Crippen molar-refractivity contribution in [3.63, 3.8) is 0 Å². The van der Waals surface area contributed by atoms with Crippen LogP contribution >= 0.6 is 0 Å². The van der Waals surface area contributed by atoms with Gasteiger partial charge in [0.1, 0.15) is 12.2 Å². The Hall–Kier alpha value is -1.75. The molecule has 1 fully saturated rings. The summed E-state index contributed by atoms with van der Waals surface area (Å²) < 4.78 is 14.6. The van der Waals surface area contributed by atoms with E-state index in [0.29, 0.717) is 30.5 Å². The molecule has 3 heterocycles. The highest BCUT2D eigenvalue weighted by molar-refractivity contribution is 6.74. The van der Waals surface area contributed by atoms with Crippen molar-refractivity contribution in [2.75, 3.05) is 11.9 Å². The van der Waals surface area contributed by atoms with Crippen molar-refractivity contribution in [3.05, 3.63) is 16.7 Å². The smallest absolute Gasteiger partial charge is 0.280 e. The number of ether oxygens (including phenoxy) is 1. The van der Waals surface area contributed by atoms with Crippen molar-refractivity contribution in [3.8, 4) is 0 Å². The van der Waals surface area contributed by atoms with Gasteiger partial charge in [-0.25, -0.2) is 4.98 Å². The number of aromatic amines is 1. The maximum absolute atomic E-state index is 12.6. The van der Waals surface area contributed by atoms with Gasteiger partial charge >= 0.3 is 0 Å². The van der Waals surface area contributed by atoms with E-state index in [1.807, 2.05) is 6.92 Å². The van der Waals surface area contributed by atoms with Crippen LogP contribution in [0.1, 0.15) is 54.2 Å². The van der Waals surface area contributed by atoms with E-state index in [1.54, 1.807) is 10.9 Å². The Morgan fingerprint density at radius 1 is 1.39 bits per heavy atom. The number of rotatable bonds is 7. The molecule has 0 amide bonds. The average molecular weight is 452 g/mol. The number of aliphatic hydroxyl groups excluding tert-OH is 1. The number of fused-ring (bicyclic) bond motifs is 1. The summed E-state index contributed by atoms with van der Waals surface area (Å²) in [7, 11) is -2.20. The second-order valence-electron chi connectivity index (χ2n) is 10.3. The first-order valence-electron chi connectivity index (χ1n) is 11.1. The van der Waals surface area contributed by atoms with E-state index in [0.717, 1.165) is 0 Å². The average Bonchev–Trinajstić information content (AvgIpc) is 3.21. The summed E-state index contributed by atoms with van der Waals surface area (Å²) in [5.74, 6) is 0.785. The van der Waals surface area contributed by atoms with Crippen LogP contribution in [0.5, 0.6) is 0 Å². The molecule has 1 aliphatic heterocycles. The van der Waals surface area contributed by atoms with Crippen LogP contribution in [0.25, 0.3) is 11.2 Å². The lowest BCUT2D eigenvalue weighted by Gasteiger charge is -2.40. The number of aromatic nitrogens is 4. The topological polar surface area (TPSA) is 114 Å². The Labute approximate surface area is 184 Å². The van der Waals surface area contributed by atoms with Gasteiger partial charge in [-0.15, -0.1) is 0 Å². The molecular formula is C21H37N5O4Si. The van der Waals surface area contributed by atoms with E-state index in [-0.39, 0.29) is 22.2 Å². The molecule has 0 aliphatic carbocycles. The molecule has 2 aromatic heterocycles.